The lowest BCUT2D eigenvalue weighted by atomic mass is 9.96. The van der Waals surface area contributed by atoms with Crippen molar-refractivity contribution in [2.75, 3.05) is 26.7 Å². The van der Waals surface area contributed by atoms with Gasteiger partial charge < -0.3 is 14.7 Å². The molecule has 0 aliphatic carbocycles. The first kappa shape index (κ1) is 17.0. The Kier molecular flexibility index (Phi) is 5.53. The van der Waals surface area contributed by atoms with E-state index < -0.39 is 6.10 Å². The van der Waals surface area contributed by atoms with Gasteiger partial charge in [0.25, 0.3) is 0 Å². The van der Waals surface area contributed by atoms with E-state index in [4.69, 9.17) is 4.74 Å². The van der Waals surface area contributed by atoms with Crippen molar-refractivity contribution in [1.29, 1.82) is 0 Å². The number of likely N-dealkylation sites (tertiary alicyclic amines) is 1. The zero-order chi connectivity index (χ0) is 16.9. The van der Waals surface area contributed by atoms with Crippen molar-refractivity contribution in [2.24, 2.45) is 5.92 Å². The maximum absolute atomic E-state index is 10.6. The maximum Gasteiger partial charge on any atom is 0.124 e. The van der Waals surface area contributed by atoms with Crippen molar-refractivity contribution in [3.8, 4) is 5.75 Å². The van der Waals surface area contributed by atoms with Gasteiger partial charge in [-0.05, 0) is 57.0 Å². The highest BCUT2D eigenvalue weighted by Gasteiger charge is 2.23. The van der Waals surface area contributed by atoms with E-state index in [1.807, 2.05) is 48.3 Å². The van der Waals surface area contributed by atoms with Crippen molar-refractivity contribution in [3.63, 3.8) is 0 Å². The Labute approximate surface area is 143 Å². The molecule has 1 aromatic carbocycles. The predicted molar refractivity (Wildman–Crippen MR) is 94.1 cm³/mol. The minimum Gasteiger partial charge on any atom is -0.496 e. The van der Waals surface area contributed by atoms with Crippen LogP contribution in [0, 0.1) is 12.8 Å². The number of nitrogens with zero attached hydrogens (tertiary/aromatic N) is 3. The van der Waals surface area contributed by atoms with Crippen LogP contribution in [0.2, 0.25) is 0 Å². The quantitative estimate of drug-likeness (QED) is 0.885. The van der Waals surface area contributed by atoms with Crippen molar-refractivity contribution >= 4 is 0 Å². The van der Waals surface area contributed by atoms with Crippen LogP contribution in [0.25, 0.3) is 0 Å². The Morgan fingerprint density at radius 2 is 2.12 bits per heavy atom. The first-order valence-electron chi connectivity index (χ1n) is 8.68. The van der Waals surface area contributed by atoms with E-state index >= 15 is 0 Å². The second-order valence-electron chi connectivity index (χ2n) is 6.73. The van der Waals surface area contributed by atoms with Crippen molar-refractivity contribution in [2.45, 2.75) is 32.4 Å². The third-order valence-electron chi connectivity index (χ3n) is 4.89. The number of ether oxygens (including phenoxy) is 1. The molecule has 5 heteroatoms. The maximum atomic E-state index is 10.6. The highest BCUT2D eigenvalue weighted by atomic mass is 16.5. The van der Waals surface area contributed by atoms with Crippen LogP contribution < -0.4 is 4.74 Å². The van der Waals surface area contributed by atoms with Crippen molar-refractivity contribution in [3.05, 3.63) is 47.8 Å². The normalized spacial score (nSPS) is 17.8. The number of rotatable bonds is 6. The van der Waals surface area contributed by atoms with Crippen LogP contribution >= 0.6 is 0 Å². The van der Waals surface area contributed by atoms with Crippen molar-refractivity contribution < 1.29 is 9.84 Å². The lowest BCUT2D eigenvalue weighted by Crippen LogP contribution is -2.37. The van der Waals surface area contributed by atoms with Gasteiger partial charge in [-0.15, -0.1) is 0 Å². The molecule has 0 bridgehead atoms. The third kappa shape index (κ3) is 4.16. The minimum atomic E-state index is -0.512. The number of β-amino-alcohol motifs (C(OH)–C–C–N with tert-alkyl or cyclic N) is 1. The number of piperidine rings is 1. The summed E-state index contributed by atoms with van der Waals surface area (Å²) in [4.78, 5) is 2.35. The number of hydrogen-bond donors (Lipinski definition) is 1. The average Bonchev–Trinajstić information content (AvgIpc) is 3.09. The Morgan fingerprint density at radius 1 is 1.33 bits per heavy atom. The highest BCUT2D eigenvalue weighted by molar-refractivity contribution is 5.38. The molecule has 1 aromatic heterocycles. The van der Waals surface area contributed by atoms with Crippen LogP contribution in [0.15, 0.2) is 36.7 Å². The Bertz CT molecular complexity index is 634. The van der Waals surface area contributed by atoms with Gasteiger partial charge in [0.1, 0.15) is 5.75 Å². The van der Waals surface area contributed by atoms with Gasteiger partial charge in [-0.25, -0.2) is 0 Å². The van der Waals surface area contributed by atoms with Crippen LogP contribution in [0.1, 0.15) is 30.1 Å². The summed E-state index contributed by atoms with van der Waals surface area (Å²) in [5.74, 6) is 1.44. The van der Waals surface area contributed by atoms with E-state index in [0.29, 0.717) is 12.5 Å². The molecule has 5 nitrogen and oxygen atoms in total. The van der Waals surface area contributed by atoms with Crippen LogP contribution in [0.3, 0.4) is 0 Å². The summed E-state index contributed by atoms with van der Waals surface area (Å²) in [6.07, 6.45) is 5.65. The minimum absolute atomic E-state index is 0.512. The molecule has 1 aliphatic heterocycles. The highest BCUT2D eigenvalue weighted by Crippen LogP contribution is 2.28. The lowest BCUT2D eigenvalue weighted by Gasteiger charge is -2.33. The van der Waals surface area contributed by atoms with Gasteiger partial charge >= 0.3 is 0 Å². The Morgan fingerprint density at radius 3 is 2.79 bits per heavy atom. The van der Waals surface area contributed by atoms with E-state index in [2.05, 4.69) is 10.00 Å². The van der Waals surface area contributed by atoms with Gasteiger partial charge in [0.2, 0.25) is 0 Å². The van der Waals surface area contributed by atoms with E-state index in [9.17, 15) is 5.11 Å². The fourth-order valence-electron chi connectivity index (χ4n) is 3.48. The molecule has 24 heavy (non-hydrogen) atoms. The number of benzene rings is 1. The monoisotopic (exact) mass is 329 g/mol. The molecule has 1 saturated heterocycles. The van der Waals surface area contributed by atoms with Gasteiger partial charge in [0, 0.05) is 31.0 Å². The van der Waals surface area contributed by atoms with Gasteiger partial charge in [0.15, 0.2) is 0 Å². The third-order valence-corrected chi connectivity index (χ3v) is 4.89. The molecule has 2 heterocycles. The van der Waals surface area contributed by atoms with Gasteiger partial charge in [-0.1, -0.05) is 11.6 Å². The molecule has 0 saturated carbocycles. The molecule has 0 radical (unpaired) electrons. The second-order valence-corrected chi connectivity index (χ2v) is 6.73. The largest absolute Gasteiger partial charge is 0.496 e. The van der Waals surface area contributed by atoms with E-state index in [-0.39, 0.29) is 0 Å². The first-order chi connectivity index (χ1) is 11.7. The summed E-state index contributed by atoms with van der Waals surface area (Å²) in [6.45, 7) is 5.74. The fraction of sp³-hybridized carbons (Fsp3) is 0.526. The summed E-state index contributed by atoms with van der Waals surface area (Å²) < 4.78 is 7.42. The van der Waals surface area contributed by atoms with Crippen LogP contribution in [-0.4, -0.2) is 46.5 Å². The summed E-state index contributed by atoms with van der Waals surface area (Å²) >= 11 is 0. The SMILES string of the molecule is COc1ccc(C)cc1[C@H](O)CN1CCC(Cn2cccn2)CC1. The summed E-state index contributed by atoms with van der Waals surface area (Å²) in [7, 11) is 1.65. The Balaban J connectivity index is 1.53. The number of aliphatic hydroxyl groups excluding tert-OH is 1. The number of aliphatic hydroxyl groups is 1. The van der Waals surface area contributed by atoms with E-state index in [1.165, 1.54) is 0 Å². The van der Waals surface area contributed by atoms with E-state index in [0.717, 1.165) is 49.4 Å². The molecule has 0 spiro atoms. The molecular formula is C19H27N3O2. The van der Waals surface area contributed by atoms with Crippen molar-refractivity contribution in [1.82, 2.24) is 14.7 Å². The van der Waals surface area contributed by atoms with Gasteiger partial charge in [-0.3, -0.25) is 4.68 Å². The molecule has 130 valence electrons. The lowest BCUT2D eigenvalue weighted by molar-refractivity contribution is 0.0844. The summed E-state index contributed by atoms with van der Waals surface area (Å²) in [5, 5.41) is 14.9. The molecule has 0 unspecified atom stereocenters. The number of methoxy groups -OCH3 is 1. The standard InChI is InChI=1S/C19H27N3O2/c1-15-4-5-19(24-2)17(12-15)18(23)14-21-10-6-16(7-11-21)13-22-9-3-8-20-22/h3-5,8-9,12,16,18,23H,6-7,10-11,13-14H2,1-2H3/t18-/m1/s1. The van der Waals surface area contributed by atoms with E-state index in [1.54, 1.807) is 7.11 Å². The predicted octanol–water partition coefficient (Wildman–Crippen LogP) is 2.65. The molecule has 2 aromatic rings. The molecule has 3 rings (SSSR count). The fourth-order valence-corrected chi connectivity index (χ4v) is 3.48. The molecule has 1 fully saturated rings. The zero-order valence-corrected chi connectivity index (χ0v) is 14.6. The van der Waals surface area contributed by atoms with Gasteiger partial charge in [-0.2, -0.15) is 5.10 Å². The smallest absolute Gasteiger partial charge is 0.124 e. The molecule has 1 atom stereocenters. The molecular weight excluding hydrogens is 302 g/mol. The van der Waals surface area contributed by atoms with Gasteiger partial charge in [0.05, 0.1) is 13.2 Å². The van der Waals surface area contributed by atoms with Crippen LogP contribution in [0.4, 0.5) is 0 Å². The zero-order valence-electron chi connectivity index (χ0n) is 14.6. The first-order valence-corrected chi connectivity index (χ1v) is 8.68. The summed E-state index contributed by atoms with van der Waals surface area (Å²) in [6, 6.07) is 7.94. The number of hydrogen-bond acceptors (Lipinski definition) is 4. The average molecular weight is 329 g/mol. The second kappa shape index (κ2) is 7.81. The molecule has 1 N–H and O–H groups in total. The summed E-state index contributed by atoms with van der Waals surface area (Å²) in [5.41, 5.74) is 2.03. The number of aromatic nitrogens is 2. The molecule has 0 amide bonds. The Hall–Kier alpha value is -1.85. The number of aryl methyl sites for hydroxylation is 1. The van der Waals surface area contributed by atoms with Crippen LogP contribution in [-0.2, 0) is 6.54 Å². The molecule has 1 aliphatic rings. The van der Waals surface area contributed by atoms with Crippen LogP contribution in [0.5, 0.6) is 5.75 Å². The topological polar surface area (TPSA) is 50.5 Å².